The van der Waals surface area contributed by atoms with E-state index in [0.29, 0.717) is 36.7 Å². The Kier molecular flexibility index (Phi) is 12.4. The second-order valence-electron chi connectivity index (χ2n) is 11.9. The molecule has 2 aromatic carbocycles. The first-order valence-electron chi connectivity index (χ1n) is 14.8. The van der Waals surface area contributed by atoms with Crippen LogP contribution in [-0.2, 0) is 38.2 Å². The van der Waals surface area contributed by atoms with Crippen molar-refractivity contribution >= 4 is 21.6 Å². The van der Waals surface area contributed by atoms with Gasteiger partial charge in [0.25, 0.3) is 0 Å². The number of cyclic esters (lactones) is 1. The van der Waals surface area contributed by atoms with Crippen LogP contribution in [0.25, 0.3) is 0 Å². The standard InChI is InChI=1S/C32H48NO7PSi/c1-9-27-24(4)29-20-38-32(34)30(29)31(37-18-19-42(6,7)8)28(27)17-16-23(3)21-41(35,33-25(5)39-22-36-10-2)40-26-14-12-11-13-15-26/h11-16,25H,9-10,17-22H2,1-8H3,(H,33,35)/b23-16+/t25-,41?/m1/s1. The molecule has 0 aromatic heterocycles. The van der Waals surface area contributed by atoms with E-state index < -0.39 is 21.8 Å². The molecule has 0 fully saturated rings. The molecule has 2 aromatic rings. The first-order chi connectivity index (χ1) is 19.9. The summed E-state index contributed by atoms with van der Waals surface area (Å²) < 4.78 is 43.0. The summed E-state index contributed by atoms with van der Waals surface area (Å²) in [6, 6.07) is 10.1. The minimum Gasteiger partial charge on any atom is -0.493 e. The lowest BCUT2D eigenvalue weighted by atomic mass is 9.89. The Labute approximate surface area is 252 Å². The van der Waals surface area contributed by atoms with E-state index in [1.807, 2.05) is 32.0 Å². The number of benzene rings is 2. The number of nitrogens with one attached hydrogen (secondary N) is 1. The van der Waals surface area contributed by atoms with Crippen LogP contribution in [0.3, 0.4) is 0 Å². The first-order valence-corrected chi connectivity index (χ1v) is 20.3. The highest BCUT2D eigenvalue weighted by Crippen LogP contribution is 2.46. The number of fused-ring (bicyclic) bond motifs is 1. The zero-order chi connectivity index (χ0) is 30.9. The molecule has 0 aliphatic carbocycles. The molecular formula is C32H48NO7PSi. The molecule has 0 saturated carbocycles. The highest BCUT2D eigenvalue weighted by molar-refractivity contribution is 7.57. The number of para-hydroxylation sites is 1. The Morgan fingerprint density at radius 2 is 1.88 bits per heavy atom. The lowest BCUT2D eigenvalue weighted by Crippen LogP contribution is -2.30. The zero-order valence-corrected chi connectivity index (χ0v) is 28.4. The molecule has 0 amide bonds. The third-order valence-corrected chi connectivity index (χ3v) is 11.1. The van der Waals surface area contributed by atoms with Gasteiger partial charge in [-0.2, -0.15) is 0 Å². The quantitative estimate of drug-likeness (QED) is 0.0483. The Balaban J connectivity index is 1.92. The van der Waals surface area contributed by atoms with Crippen LogP contribution in [-0.4, -0.2) is 46.4 Å². The fourth-order valence-electron chi connectivity index (χ4n) is 4.91. The van der Waals surface area contributed by atoms with E-state index in [1.165, 1.54) is 5.56 Å². The fraction of sp³-hybridized carbons (Fsp3) is 0.531. The van der Waals surface area contributed by atoms with Crippen molar-refractivity contribution in [1.29, 1.82) is 0 Å². The normalized spacial score (nSPS) is 15.6. The highest BCUT2D eigenvalue weighted by Gasteiger charge is 2.33. The molecule has 0 saturated heterocycles. The smallest absolute Gasteiger partial charge is 0.342 e. The Morgan fingerprint density at radius 3 is 2.52 bits per heavy atom. The zero-order valence-electron chi connectivity index (χ0n) is 26.5. The molecule has 1 unspecified atom stereocenters. The monoisotopic (exact) mass is 617 g/mol. The summed E-state index contributed by atoms with van der Waals surface area (Å²) in [6.07, 6.45) is 3.00. The van der Waals surface area contributed by atoms with E-state index in [1.54, 1.807) is 19.1 Å². The van der Waals surface area contributed by atoms with E-state index in [9.17, 15) is 9.36 Å². The third kappa shape index (κ3) is 9.54. The molecule has 0 radical (unpaired) electrons. The third-order valence-electron chi connectivity index (χ3n) is 7.17. The van der Waals surface area contributed by atoms with Crippen LogP contribution in [0, 0.1) is 6.92 Å². The SMILES string of the molecule is CCOCO[C@H](C)NP(=O)(C/C(C)=C/Cc1c(CC)c(C)c2c(c1OCC[Si](C)(C)C)C(=O)OC2)Oc1ccccc1. The van der Waals surface area contributed by atoms with Crippen LogP contribution >= 0.6 is 7.52 Å². The average molecular weight is 618 g/mol. The number of hydrogen-bond acceptors (Lipinski definition) is 7. The van der Waals surface area contributed by atoms with Gasteiger partial charge in [0.2, 0.25) is 0 Å². The molecule has 1 N–H and O–H groups in total. The summed E-state index contributed by atoms with van der Waals surface area (Å²) in [5, 5.41) is 3.06. The maximum atomic E-state index is 14.1. The molecule has 1 heterocycles. The summed E-state index contributed by atoms with van der Waals surface area (Å²) >= 11 is 0. The second kappa shape index (κ2) is 15.3. The van der Waals surface area contributed by atoms with E-state index in [0.717, 1.165) is 34.7 Å². The lowest BCUT2D eigenvalue weighted by Gasteiger charge is -2.25. The summed E-state index contributed by atoms with van der Waals surface area (Å²) in [5.41, 5.74) is 5.60. The van der Waals surface area contributed by atoms with Crippen LogP contribution < -0.4 is 14.3 Å². The van der Waals surface area contributed by atoms with Crippen LogP contribution in [0.4, 0.5) is 0 Å². The Bertz CT molecular complexity index is 1290. The van der Waals surface area contributed by atoms with Gasteiger partial charge in [0, 0.05) is 25.8 Å². The summed E-state index contributed by atoms with van der Waals surface area (Å²) in [7, 11) is -4.77. The predicted molar refractivity (Wildman–Crippen MR) is 171 cm³/mol. The van der Waals surface area contributed by atoms with Gasteiger partial charge in [-0.05, 0) is 69.8 Å². The van der Waals surface area contributed by atoms with Gasteiger partial charge in [0.1, 0.15) is 36.7 Å². The maximum absolute atomic E-state index is 14.1. The van der Waals surface area contributed by atoms with Crippen molar-refractivity contribution in [2.75, 3.05) is 26.2 Å². The van der Waals surface area contributed by atoms with E-state index in [4.69, 9.17) is 23.5 Å². The number of carbonyl (C=O) groups is 1. The molecule has 0 bridgehead atoms. The van der Waals surface area contributed by atoms with Crippen molar-refractivity contribution in [3.63, 3.8) is 0 Å². The molecule has 8 nitrogen and oxygen atoms in total. The number of hydrogen-bond donors (Lipinski definition) is 1. The molecule has 3 rings (SSSR count). The van der Waals surface area contributed by atoms with Crippen molar-refractivity contribution in [3.05, 3.63) is 69.8 Å². The largest absolute Gasteiger partial charge is 0.493 e. The second-order valence-corrected chi connectivity index (χ2v) is 19.6. The van der Waals surface area contributed by atoms with Gasteiger partial charge >= 0.3 is 13.5 Å². The predicted octanol–water partition coefficient (Wildman–Crippen LogP) is 7.65. The fourth-order valence-corrected chi connectivity index (χ4v) is 7.71. The van der Waals surface area contributed by atoms with Crippen molar-refractivity contribution in [1.82, 2.24) is 5.09 Å². The highest BCUT2D eigenvalue weighted by atomic mass is 31.2. The number of rotatable bonds is 17. The Morgan fingerprint density at radius 1 is 1.17 bits per heavy atom. The minimum absolute atomic E-state index is 0.0885. The lowest BCUT2D eigenvalue weighted by molar-refractivity contribution is -0.0839. The van der Waals surface area contributed by atoms with Crippen LogP contribution in [0.1, 0.15) is 60.3 Å². The molecule has 10 heteroatoms. The van der Waals surface area contributed by atoms with Crippen LogP contribution in [0.15, 0.2) is 42.0 Å². The van der Waals surface area contributed by atoms with Gasteiger partial charge < -0.3 is 23.5 Å². The van der Waals surface area contributed by atoms with Gasteiger partial charge in [-0.25, -0.2) is 9.88 Å². The topological polar surface area (TPSA) is 92.3 Å². The van der Waals surface area contributed by atoms with Crippen molar-refractivity contribution in [2.24, 2.45) is 0 Å². The number of allylic oxidation sites excluding steroid dienone is 2. The number of esters is 1. The van der Waals surface area contributed by atoms with E-state index in [-0.39, 0.29) is 25.5 Å². The van der Waals surface area contributed by atoms with Crippen LogP contribution in [0.2, 0.25) is 25.7 Å². The Hall–Kier alpha value is -2.42. The summed E-state index contributed by atoms with van der Waals surface area (Å²) in [4.78, 5) is 12.9. The molecular weight excluding hydrogens is 569 g/mol. The van der Waals surface area contributed by atoms with Gasteiger partial charge in [-0.3, -0.25) is 4.57 Å². The number of carbonyl (C=O) groups excluding carboxylic acids is 1. The molecule has 2 atom stereocenters. The molecule has 232 valence electrons. The van der Waals surface area contributed by atoms with Crippen molar-refractivity contribution < 1.29 is 32.8 Å². The summed E-state index contributed by atoms with van der Waals surface area (Å²) in [6.45, 7) is 18.2. The first kappa shape index (κ1) is 34.1. The van der Waals surface area contributed by atoms with Crippen molar-refractivity contribution in [3.8, 4) is 11.5 Å². The maximum Gasteiger partial charge on any atom is 0.342 e. The molecule has 1 aliphatic heterocycles. The molecule has 1 aliphatic rings. The van der Waals surface area contributed by atoms with Gasteiger partial charge in [-0.15, -0.1) is 0 Å². The average Bonchev–Trinajstić information content (AvgIpc) is 3.30. The van der Waals surface area contributed by atoms with E-state index in [2.05, 4.69) is 44.7 Å². The van der Waals surface area contributed by atoms with Gasteiger partial charge in [0.15, 0.2) is 0 Å². The van der Waals surface area contributed by atoms with Crippen molar-refractivity contribution in [2.45, 2.75) is 86.0 Å². The molecule has 0 spiro atoms. The minimum atomic E-state index is -3.42. The molecule has 42 heavy (non-hydrogen) atoms. The van der Waals surface area contributed by atoms with Gasteiger partial charge in [0.05, 0.1) is 12.8 Å². The summed E-state index contributed by atoms with van der Waals surface area (Å²) in [5.74, 6) is 0.820. The van der Waals surface area contributed by atoms with E-state index >= 15 is 0 Å². The van der Waals surface area contributed by atoms with Crippen LogP contribution in [0.5, 0.6) is 11.5 Å². The van der Waals surface area contributed by atoms with Gasteiger partial charge in [-0.1, -0.05) is 56.4 Å². The number of ether oxygens (including phenoxy) is 4.